The Labute approximate surface area is 92.9 Å². The number of ether oxygens (including phenoxy) is 1. The maximum atomic E-state index is 11.1. The van der Waals surface area contributed by atoms with Crippen LogP contribution >= 0.6 is 0 Å². The van der Waals surface area contributed by atoms with E-state index in [0.717, 1.165) is 6.42 Å². The predicted molar refractivity (Wildman–Crippen MR) is 62.8 cm³/mol. The SMILES string of the molecule is C/C=C(/OCC(CCCC)NC)C(C)=O. The largest absolute Gasteiger partial charge is 0.489 e. The molecule has 0 aliphatic rings. The Balaban J connectivity index is 3.93. The van der Waals surface area contributed by atoms with Gasteiger partial charge in [-0.15, -0.1) is 0 Å². The number of rotatable bonds is 8. The Morgan fingerprint density at radius 2 is 2.20 bits per heavy atom. The van der Waals surface area contributed by atoms with E-state index in [2.05, 4.69) is 12.2 Å². The van der Waals surface area contributed by atoms with Crippen molar-refractivity contribution in [2.45, 2.75) is 46.1 Å². The van der Waals surface area contributed by atoms with Crippen LogP contribution in [0.2, 0.25) is 0 Å². The summed E-state index contributed by atoms with van der Waals surface area (Å²) in [4.78, 5) is 11.1. The lowest BCUT2D eigenvalue weighted by Gasteiger charge is -2.17. The second-order valence-electron chi connectivity index (χ2n) is 3.65. The maximum Gasteiger partial charge on any atom is 0.193 e. The molecule has 1 N–H and O–H groups in total. The van der Waals surface area contributed by atoms with Gasteiger partial charge in [-0.25, -0.2) is 0 Å². The zero-order chi connectivity index (χ0) is 11.7. The van der Waals surface area contributed by atoms with Gasteiger partial charge in [-0.1, -0.05) is 19.8 Å². The fourth-order valence-corrected chi connectivity index (χ4v) is 1.34. The van der Waals surface area contributed by atoms with Gasteiger partial charge in [-0.2, -0.15) is 0 Å². The van der Waals surface area contributed by atoms with Gasteiger partial charge in [0, 0.05) is 13.0 Å². The number of allylic oxidation sites excluding steroid dienone is 2. The third-order valence-corrected chi connectivity index (χ3v) is 2.36. The normalized spacial score (nSPS) is 13.7. The molecule has 88 valence electrons. The van der Waals surface area contributed by atoms with Crippen LogP contribution in [-0.2, 0) is 9.53 Å². The third kappa shape index (κ3) is 6.28. The standard InChI is InChI=1S/C12H23NO2/c1-5-7-8-11(13-4)9-15-12(6-2)10(3)14/h6,11,13H,5,7-9H2,1-4H3/b12-6+. The van der Waals surface area contributed by atoms with E-state index in [1.165, 1.54) is 19.8 Å². The number of likely N-dealkylation sites (N-methyl/N-ethyl adjacent to an activating group) is 1. The molecule has 1 atom stereocenters. The molecule has 3 heteroatoms. The number of Topliss-reactive ketones (excluding diaryl/α,β-unsaturated/α-hetero) is 1. The van der Waals surface area contributed by atoms with Crippen LogP contribution in [-0.4, -0.2) is 25.5 Å². The molecule has 0 spiro atoms. The molecule has 0 aromatic carbocycles. The summed E-state index contributed by atoms with van der Waals surface area (Å²) in [6, 6.07) is 0.333. The van der Waals surface area contributed by atoms with E-state index in [4.69, 9.17) is 4.74 Å². The Morgan fingerprint density at radius 3 is 2.60 bits per heavy atom. The zero-order valence-electron chi connectivity index (χ0n) is 10.3. The Kier molecular flexibility index (Phi) is 8.01. The molecule has 0 bridgehead atoms. The number of unbranched alkanes of at least 4 members (excludes halogenated alkanes) is 1. The van der Waals surface area contributed by atoms with Crippen LogP contribution < -0.4 is 5.32 Å². The van der Waals surface area contributed by atoms with Crippen molar-refractivity contribution in [1.29, 1.82) is 0 Å². The fourth-order valence-electron chi connectivity index (χ4n) is 1.34. The van der Waals surface area contributed by atoms with Crippen LogP contribution in [0.3, 0.4) is 0 Å². The second kappa shape index (κ2) is 8.48. The lowest BCUT2D eigenvalue weighted by molar-refractivity contribution is -0.117. The predicted octanol–water partition coefficient (Wildman–Crippen LogP) is 2.27. The molecule has 0 radical (unpaired) electrons. The van der Waals surface area contributed by atoms with Crippen LogP contribution in [0.5, 0.6) is 0 Å². The smallest absolute Gasteiger partial charge is 0.193 e. The molecule has 0 heterocycles. The molecule has 15 heavy (non-hydrogen) atoms. The van der Waals surface area contributed by atoms with Crippen LogP contribution in [0.15, 0.2) is 11.8 Å². The molecule has 0 aliphatic heterocycles. The first-order valence-corrected chi connectivity index (χ1v) is 5.63. The molecule has 0 aromatic heterocycles. The number of ketones is 1. The summed E-state index contributed by atoms with van der Waals surface area (Å²) in [6.07, 6.45) is 5.16. The van der Waals surface area contributed by atoms with Crippen LogP contribution in [0.1, 0.15) is 40.0 Å². The molecule has 0 amide bonds. The van der Waals surface area contributed by atoms with Gasteiger partial charge >= 0.3 is 0 Å². The quantitative estimate of drug-likeness (QED) is 0.496. The number of carbonyl (C=O) groups excluding carboxylic acids is 1. The Morgan fingerprint density at radius 1 is 1.53 bits per heavy atom. The van der Waals surface area contributed by atoms with E-state index in [-0.39, 0.29) is 5.78 Å². The first-order chi connectivity index (χ1) is 7.15. The summed E-state index contributed by atoms with van der Waals surface area (Å²) in [7, 11) is 1.92. The summed E-state index contributed by atoms with van der Waals surface area (Å²) in [5, 5.41) is 3.19. The van der Waals surface area contributed by atoms with Crippen LogP contribution in [0.4, 0.5) is 0 Å². The van der Waals surface area contributed by atoms with Crippen molar-refractivity contribution in [2.24, 2.45) is 0 Å². The van der Waals surface area contributed by atoms with Gasteiger partial charge in [0.1, 0.15) is 6.61 Å². The van der Waals surface area contributed by atoms with Crippen LogP contribution in [0.25, 0.3) is 0 Å². The average Bonchev–Trinajstić information content (AvgIpc) is 2.23. The number of hydrogen-bond acceptors (Lipinski definition) is 3. The average molecular weight is 213 g/mol. The summed E-state index contributed by atoms with van der Waals surface area (Å²) >= 11 is 0. The molecule has 1 unspecified atom stereocenters. The highest BCUT2D eigenvalue weighted by Gasteiger charge is 2.09. The highest BCUT2D eigenvalue weighted by molar-refractivity contribution is 5.91. The molecule has 0 aromatic rings. The zero-order valence-corrected chi connectivity index (χ0v) is 10.3. The second-order valence-corrected chi connectivity index (χ2v) is 3.65. The lowest BCUT2D eigenvalue weighted by Crippen LogP contribution is -2.30. The van der Waals surface area contributed by atoms with Gasteiger partial charge < -0.3 is 10.1 Å². The summed E-state index contributed by atoms with van der Waals surface area (Å²) in [5.41, 5.74) is 0. The van der Waals surface area contributed by atoms with Gasteiger partial charge in [-0.3, -0.25) is 4.79 Å². The first-order valence-electron chi connectivity index (χ1n) is 5.63. The van der Waals surface area contributed by atoms with E-state index >= 15 is 0 Å². The minimum Gasteiger partial charge on any atom is -0.489 e. The van der Waals surface area contributed by atoms with E-state index < -0.39 is 0 Å². The molecule has 0 saturated heterocycles. The topological polar surface area (TPSA) is 38.3 Å². The van der Waals surface area contributed by atoms with Crippen molar-refractivity contribution in [3.8, 4) is 0 Å². The molecule has 0 saturated carbocycles. The number of nitrogens with one attached hydrogen (secondary N) is 1. The number of carbonyl (C=O) groups is 1. The van der Waals surface area contributed by atoms with E-state index in [0.29, 0.717) is 18.4 Å². The highest BCUT2D eigenvalue weighted by Crippen LogP contribution is 2.05. The minimum absolute atomic E-state index is 0.0113. The number of hydrogen-bond donors (Lipinski definition) is 1. The summed E-state index contributed by atoms with van der Waals surface area (Å²) in [6.45, 7) is 6.07. The van der Waals surface area contributed by atoms with E-state index in [1.807, 2.05) is 14.0 Å². The summed E-state index contributed by atoms with van der Waals surface area (Å²) in [5.74, 6) is 0.453. The van der Waals surface area contributed by atoms with E-state index in [1.54, 1.807) is 6.08 Å². The van der Waals surface area contributed by atoms with E-state index in [9.17, 15) is 4.79 Å². The van der Waals surface area contributed by atoms with Gasteiger partial charge in [0.2, 0.25) is 0 Å². The summed E-state index contributed by atoms with van der Waals surface area (Å²) < 4.78 is 5.45. The van der Waals surface area contributed by atoms with Gasteiger partial charge in [-0.05, 0) is 26.5 Å². The van der Waals surface area contributed by atoms with Crippen molar-refractivity contribution in [2.75, 3.05) is 13.7 Å². The lowest BCUT2D eigenvalue weighted by atomic mass is 10.1. The molecular weight excluding hydrogens is 190 g/mol. The molecular formula is C12H23NO2. The van der Waals surface area contributed by atoms with Gasteiger partial charge in [0.25, 0.3) is 0 Å². The Bertz CT molecular complexity index is 212. The van der Waals surface area contributed by atoms with Crippen molar-refractivity contribution in [3.05, 3.63) is 11.8 Å². The van der Waals surface area contributed by atoms with Gasteiger partial charge in [0.15, 0.2) is 11.5 Å². The first kappa shape index (κ1) is 14.2. The monoisotopic (exact) mass is 213 g/mol. The minimum atomic E-state index is -0.0113. The fraction of sp³-hybridized carbons (Fsp3) is 0.750. The Hall–Kier alpha value is -0.830. The maximum absolute atomic E-state index is 11.1. The highest BCUT2D eigenvalue weighted by atomic mass is 16.5. The third-order valence-electron chi connectivity index (χ3n) is 2.36. The van der Waals surface area contributed by atoms with Crippen LogP contribution in [0, 0.1) is 0 Å². The van der Waals surface area contributed by atoms with Crippen molar-refractivity contribution in [3.63, 3.8) is 0 Å². The van der Waals surface area contributed by atoms with Crippen molar-refractivity contribution < 1.29 is 9.53 Å². The molecule has 3 nitrogen and oxygen atoms in total. The molecule has 0 fully saturated rings. The van der Waals surface area contributed by atoms with Crippen molar-refractivity contribution >= 4 is 5.78 Å². The molecule has 0 rings (SSSR count). The van der Waals surface area contributed by atoms with Crippen molar-refractivity contribution in [1.82, 2.24) is 5.32 Å². The van der Waals surface area contributed by atoms with Gasteiger partial charge in [0.05, 0.1) is 0 Å². The molecule has 0 aliphatic carbocycles.